The lowest BCUT2D eigenvalue weighted by Crippen LogP contribution is -2.10. The predicted octanol–water partition coefficient (Wildman–Crippen LogP) is 7.12. The largest absolute Gasteiger partial charge is 0.491 e. The van der Waals surface area contributed by atoms with Crippen molar-refractivity contribution in [2.75, 3.05) is 0 Å². The van der Waals surface area contributed by atoms with Gasteiger partial charge in [0.15, 0.2) is 0 Å². The summed E-state index contributed by atoms with van der Waals surface area (Å²) in [7, 11) is 0. The van der Waals surface area contributed by atoms with Crippen molar-refractivity contribution in [3.05, 3.63) is 60.2 Å². The maximum Gasteiger partial charge on any atom is 0.119 e. The molecule has 0 aliphatic heterocycles. The van der Waals surface area contributed by atoms with Crippen LogP contribution in [-0.4, -0.2) is 6.10 Å². The van der Waals surface area contributed by atoms with Crippen LogP contribution in [-0.2, 0) is 0 Å². The van der Waals surface area contributed by atoms with Crippen molar-refractivity contribution in [2.24, 2.45) is 5.92 Å². The Balaban J connectivity index is 1.68. The molecule has 0 heterocycles. The molecule has 0 aromatic heterocycles. The normalized spacial score (nSPS) is 18.5. The van der Waals surface area contributed by atoms with Crippen LogP contribution in [0.15, 0.2) is 54.6 Å². The van der Waals surface area contributed by atoms with Gasteiger partial charge in [0.1, 0.15) is 5.75 Å². The van der Waals surface area contributed by atoms with Crippen LogP contribution in [0.25, 0.3) is 16.7 Å². The Kier molecular flexibility index (Phi) is 5.96. The minimum absolute atomic E-state index is 0.279. The Hall–Kier alpha value is -2.02. The van der Waals surface area contributed by atoms with E-state index in [1.807, 2.05) is 0 Å². The predicted molar refractivity (Wildman–Crippen MR) is 108 cm³/mol. The number of hydrogen-bond acceptors (Lipinski definition) is 1. The SMILES string of the molecule is CCCC(C)Oc1ccc(-c2ccc(C3=CCC(C)CC3)cc2)cc1. The van der Waals surface area contributed by atoms with Crippen molar-refractivity contribution in [3.8, 4) is 16.9 Å². The Labute approximate surface area is 152 Å². The molecule has 3 rings (SSSR count). The van der Waals surface area contributed by atoms with Crippen molar-refractivity contribution >= 4 is 5.57 Å². The molecule has 0 saturated heterocycles. The highest BCUT2D eigenvalue weighted by Gasteiger charge is 2.11. The van der Waals surface area contributed by atoms with Gasteiger partial charge in [-0.3, -0.25) is 0 Å². The molecule has 25 heavy (non-hydrogen) atoms. The lowest BCUT2D eigenvalue weighted by Gasteiger charge is -2.18. The minimum Gasteiger partial charge on any atom is -0.491 e. The Bertz CT molecular complexity index is 694. The molecular weight excluding hydrogens is 304 g/mol. The topological polar surface area (TPSA) is 9.23 Å². The van der Waals surface area contributed by atoms with E-state index >= 15 is 0 Å². The van der Waals surface area contributed by atoms with Gasteiger partial charge in [-0.2, -0.15) is 0 Å². The van der Waals surface area contributed by atoms with E-state index in [0.717, 1.165) is 24.5 Å². The average Bonchev–Trinajstić information content (AvgIpc) is 2.63. The van der Waals surface area contributed by atoms with E-state index in [2.05, 4.69) is 75.4 Å². The average molecular weight is 335 g/mol. The summed E-state index contributed by atoms with van der Waals surface area (Å²) < 4.78 is 5.95. The molecule has 2 aromatic rings. The molecule has 0 saturated carbocycles. The summed E-state index contributed by atoms with van der Waals surface area (Å²) in [5.74, 6) is 1.80. The van der Waals surface area contributed by atoms with Crippen LogP contribution in [0.5, 0.6) is 5.75 Å². The zero-order valence-electron chi connectivity index (χ0n) is 15.8. The first kappa shape index (κ1) is 17.8. The third kappa shape index (κ3) is 4.75. The van der Waals surface area contributed by atoms with Gasteiger partial charge in [0, 0.05) is 0 Å². The number of ether oxygens (including phenoxy) is 1. The van der Waals surface area contributed by atoms with Crippen LogP contribution in [0.1, 0.15) is 58.4 Å². The summed E-state index contributed by atoms with van der Waals surface area (Å²) in [5, 5.41) is 0. The maximum atomic E-state index is 5.95. The summed E-state index contributed by atoms with van der Waals surface area (Å²) in [6.07, 6.45) is 8.69. The standard InChI is InChI=1S/C24H30O/c1-4-5-19(3)25-24-16-14-23(15-17-24)22-12-10-21(11-13-22)20-8-6-18(2)7-9-20/h8,10-19H,4-7,9H2,1-3H3. The van der Waals surface area contributed by atoms with Gasteiger partial charge in [-0.25, -0.2) is 0 Å². The Morgan fingerprint density at radius 2 is 1.56 bits per heavy atom. The molecule has 132 valence electrons. The third-order valence-electron chi connectivity index (χ3n) is 5.15. The molecule has 0 spiro atoms. The highest BCUT2D eigenvalue weighted by Crippen LogP contribution is 2.31. The van der Waals surface area contributed by atoms with E-state index in [-0.39, 0.29) is 6.10 Å². The smallest absolute Gasteiger partial charge is 0.119 e. The first-order valence-corrected chi connectivity index (χ1v) is 9.72. The summed E-state index contributed by atoms with van der Waals surface area (Å²) >= 11 is 0. The third-order valence-corrected chi connectivity index (χ3v) is 5.15. The van der Waals surface area contributed by atoms with Crippen LogP contribution >= 0.6 is 0 Å². The maximum absolute atomic E-state index is 5.95. The van der Waals surface area contributed by atoms with Crippen molar-refractivity contribution < 1.29 is 4.74 Å². The summed E-state index contributed by atoms with van der Waals surface area (Å²) in [6, 6.07) is 17.5. The lowest BCUT2D eigenvalue weighted by molar-refractivity contribution is 0.210. The van der Waals surface area contributed by atoms with Gasteiger partial charge in [0.05, 0.1) is 6.10 Å². The second-order valence-corrected chi connectivity index (χ2v) is 7.43. The Morgan fingerprint density at radius 1 is 0.960 bits per heavy atom. The van der Waals surface area contributed by atoms with Crippen LogP contribution in [0.4, 0.5) is 0 Å². The van der Waals surface area contributed by atoms with Gasteiger partial charge in [-0.15, -0.1) is 0 Å². The van der Waals surface area contributed by atoms with Gasteiger partial charge in [-0.1, -0.05) is 62.7 Å². The van der Waals surface area contributed by atoms with Gasteiger partial charge < -0.3 is 4.74 Å². The fourth-order valence-electron chi connectivity index (χ4n) is 3.53. The first-order chi connectivity index (χ1) is 12.2. The van der Waals surface area contributed by atoms with Crippen molar-refractivity contribution in [2.45, 2.75) is 59.0 Å². The van der Waals surface area contributed by atoms with Crippen LogP contribution in [0.3, 0.4) is 0 Å². The number of rotatable bonds is 6. The van der Waals surface area contributed by atoms with E-state index in [9.17, 15) is 0 Å². The molecule has 0 radical (unpaired) electrons. The van der Waals surface area contributed by atoms with Crippen molar-refractivity contribution in [3.63, 3.8) is 0 Å². The van der Waals surface area contributed by atoms with Crippen LogP contribution in [0.2, 0.25) is 0 Å². The minimum atomic E-state index is 0.279. The van der Waals surface area contributed by atoms with Crippen LogP contribution < -0.4 is 4.74 Å². The number of allylic oxidation sites excluding steroid dienone is 2. The fraction of sp³-hybridized carbons (Fsp3) is 0.417. The molecule has 1 aliphatic carbocycles. The van der Waals surface area contributed by atoms with Gasteiger partial charge in [0.25, 0.3) is 0 Å². The molecule has 2 atom stereocenters. The monoisotopic (exact) mass is 334 g/mol. The summed E-state index contributed by atoms with van der Waals surface area (Å²) in [6.45, 7) is 6.67. The summed E-state index contributed by atoms with van der Waals surface area (Å²) in [4.78, 5) is 0. The van der Waals surface area contributed by atoms with Crippen LogP contribution in [0, 0.1) is 5.92 Å². The number of hydrogen-bond donors (Lipinski definition) is 0. The lowest BCUT2D eigenvalue weighted by atomic mass is 9.87. The second-order valence-electron chi connectivity index (χ2n) is 7.43. The molecule has 1 heteroatoms. The quantitative estimate of drug-likeness (QED) is 0.546. The van der Waals surface area contributed by atoms with Crippen molar-refractivity contribution in [1.82, 2.24) is 0 Å². The van der Waals surface area contributed by atoms with E-state index in [4.69, 9.17) is 4.74 Å². The van der Waals surface area contributed by atoms with Crippen molar-refractivity contribution in [1.29, 1.82) is 0 Å². The molecule has 0 N–H and O–H groups in total. The van der Waals surface area contributed by atoms with Gasteiger partial charge >= 0.3 is 0 Å². The molecular formula is C24H30O. The second kappa shape index (κ2) is 8.38. The summed E-state index contributed by atoms with van der Waals surface area (Å²) in [5.41, 5.74) is 5.40. The molecule has 1 nitrogen and oxygen atoms in total. The van der Waals surface area contributed by atoms with E-state index in [1.165, 1.54) is 41.5 Å². The highest BCUT2D eigenvalue weighted by molar-refractivity contribution is 5.71. The molecule has 0 amide bonds. The molecule has 0 bridgehead atoms. The fourth-order valence-corrected chi connectivity index (χ4v) is 3.53. The number of benzene rings is 2. The molecule has 2 unspecified atom stereocenters. The molecule has 2 aromatic carbocycles. The van der Waals surface area contributed by atoms with E-state index < -0.39 is 0 Å². The first-order valence-electron chi connectivity index (χ1n) is 9.72. The van der Waals surface area contributed by atoms with Gasteiger partial charge in [-0.05, 0) is 72.9 Å². The van der Waals surface area contributed by atoms with E-state index in [1.54, 1.807) is 0 Å². The van der Waals surface area contributed by atoms with Gasteiger partial charge in [0.2, 0.25) is 0 Å². The highest BCUT2D eigenvalue weighted by atomic mass is 16.5. The zero-order chi connectivity index (χ0) is 17.6. The Morgan fingerprint density at radius 3 is 2.12 bits per heavy atom. The zero-order valence-corrected chi connectivity index (χ0v) is 15.8. The molecule has 0 fully saturated rings. The molecule has 1 aliphatic rings. The van der Waals surface area contributed by atoms with E-state index in [0.29, 0.717) is 0 Å².